The number of fused-ring (bicyclic) bond motifs is 7. The molecule has 0 spiro atoms. The third kappa shape index (κ3) is 2.66. The van der Waals surface area contributed by atoms with E-state index in [2.05, 4.69) is 54.5 Å². The summed E-state index contributed by atoms with van der Waals surface area (Å²) in [4.78, 5) is 0. The van der Waals surface area contributed by atoms with Crippen LogP contribution in [0, 0.1) is 56.7 Å². The van der Waals surface area contributed by atoms with E-state index >= 15 is 0 Å². The van der Waals surface area contributed by atoms with Crippen LogP contribution < -0.4 is 0 Å². The monoisotopic (exact) mass is 442 g/mol. The minimum Gasteiger partial charge on any atom is -0.396 e. The molecule has 2 heteroatoms. The lowest BCUT2D eigenvalue weighted by atomic mass is 9.33. The minimum absolute atomic E-state index is 0.117. The summed E-state index contributed by atoms with van der Waals surface area (Å²) in [7, 11) is 0. The summed E-state index contributed by atoms with van der Waals surface area (Å²) in [6.07, 6.45) is 13.5. The van der Waals surface area contributed by atoms with Crippen molar-refractivity contribution in [2.24, 2.45) is 56.7 Å². The highest BCUT2D eigenvalue weighted by Crippen LogP contribution is 2.75. The number of hydrogen-bond donors (Lipinski definition) is 2. The van der Waals surface area contributed by atoms with Crippen LogP contribution in [0.3, 0.4) is 0 Å². The summed E-state index contributed by atoms with van der Waals surface area (Å²) in [5, 5.41) is 21.3. The van der Waals surface area contributed by atoms with Crippen molar-refractivity contribution >= 4 is 0 Å². The predicted molar refractivity (Wildman–Crippen MR) is 132 cm³/mol. The number of aliphatic hydroxyl groups is 2. The lowest BCUT2D eigenvalue weighted by Gasteiger charge is -2.71. The molecule has 0 radical (unpaired) electrons. The molecule has 0 aliphatic heterocycles. The predicted octanol–water partition coefficient (Wildman–Crippen LogP) is 7.00. The lowest BCUT2D eigenvalue weighted by Crippen LogP contribution is -2.65. The van der Waals surface area contributed by atoms with Crippen LogP contribution in [0.25, 0.3) is 0 Å². The Bertz CT molecular complexity index is 803. The molecule has 32 heavy (non-hydrogen) atoms. The normalized spacial score (nSPS) is 59.8. The van der Waals surface area contributed by atoms with Gasteiger partial charge in [0.15, 0.2) is 0 Å². The van der Waals surface area contributed by atoms with Crippen LogP contribution in [0.4, 0.5) is 0 Å². The highest BCUT2D eigenvalue weighted by Gasteiger charge is 2.68. The molecule has 11 atom stereocenters. The highest BCUT2D eigenvalue weighted by atomic mass is 16.3. The number of aliphatic hydroxyl groups excluding tert-OH is 2. The molecule has 2 nitrogen and oxygen atoms in total. The number of hydrogen-bond acceptors (Lipinski definition) is 2. The van der Waals surface area contributed by atoms with E-state index in [0.29, 0.717) is 28.1 Å². The van der Waals surface area contributed by atoms with E-state index in [-0.39, 0.29) is 23.5 Å². The Morgan fingerprint density at radius 3 is 2.28 bits per heavy atom. The van der Waals surface area contributed by atoms with Crippen molar-refractivity contribution in [3.05, 3.63) is 11.6 Å². The van der Waals surface area contributed by atoms with Crippen LogP contribution in [0.5, 0.6) is 0 Å². The molecule has 5 rings (SSSR count). The van der Waals surface area contributed by atoms with Gasteiger partial charge in [-0.15, -0.1) is 0 Å². The van der Waals surface area contributed by atoms with Crippen LogP contribution in [-0.4, -0.2) is 22.9 Å². The number of rotatable bonds is 1. The Morgan fingerprint density at radius 1 is 0.875 bits per heavy atom. The molecule has 0 amide bonds. The van der Waals surface area contributed by atoms with Crippen molar-refractivity contribution in [3.8, 4) is 0 Å². The van der Waals surface area contributed by atoms with E-state index in [1.165, 1.54) is 38.5 Å². The zero-order valence-electron chi connectivity index (χ0n) is 22.0. The summed E-state index contributed by atoms with van der Waals surface area (Å²) in [6, 6.07) is 0. The van der Waals surface area contributed by atoms with Gasteiger partial charge in [0.05, 0.1) is 12.7 Å². The van der Waals surface area contributed by atoms with Crippen LogP contribution in [0.1, 0.15) is 106 Å². The van der Waals surface area contributed by atoms with E-state index in [4.69, 9.17) is 0 Å². The lowest BCUT2D eigenvalue weighted by molar-refractivity contribution is -0.215. The first kappa shape index (κ1) is 23.4. The SMILES string of the molecule is C[C@H]1[C@H](C)CC[C@]2(C)CC[C@]3(C)C(=CC[C@@H]4[C@@]5(C)CC[C@H](O)C(C)(CO)C5CC[C@]43C)[C@H]12. The fourth-order valence-electron chi connectivity index (χ4n) is 10.9. The average Bonchev–Trinajstić information content (AvgIpc) is 2.75. The van der Waals surface area contributed by atoms with Crippen molar-refractivity contribution in [1.29, 1.82) is 0 Å². The zero-order chi connectivity index (χ0) is 23.3. The third-order valence-electron chi connectivity index (χ3n) is 13.5. The van der Waals surface area contributed by atoms with E-state index in [1.54, 1.807) is 0 Å². The Labute approximate surface area is 197 Å². The molecule has 2 unspecified atom stereocenters. The standard InChI is InChI=1S/C30H50O2/c1-19-10-13-26(3)16-17-29(6)21(25(26)20(19)2)8-9-23-27(4)14-12-24(32)28(5,18-31)22(27)11-15-30(23,29)7/h8,19-20,22-25,31-32H,9-18H2,1-7H3/t19-,20+,22?,23-,24+,25+,26-,27+,28?,29-,30-/m1/s1. The van der Waals surface area contributed by atoms with Gasteiger partial charge in [0.2, 0.25) is 0 Å². The molecule has 0 heterocycles. The maximum Gasteiger partial charge on any atom is 0.0618 e. The quantitative estimate of drug-likeness (QED) is 0.429. The summed E-state index contributed by atoms with van der Waals surface area (Å²) in [5.74, 6) is 3.45. The van der Waals surface area contributed by atoms with Gasteiger partial charge in [0.25, 0.3) is 0 Å². The second-order valence-corrected chi connectivity index (χ2v) is 14.5. The molecule has 0 aromatic rings. The van der Waals surface area contributed by atoms with Crippen LogP contribution in [0.2, 0.25) is 0 Å². The Hall–Kier alpha value is -0.340. The van der Waals surface area contributed by atoms with E-state index in [1.807, 2.05) is 5.57 Å². The molecule has 5 aliphatic rings. The number of allylic oxidation sites excluding steroid dienone is 2. The summed E-state index contributed by atoms with van der Waals surface area (Å²) in [6.45, 7) is 17.8. The van der Waals surface area contributed by atoms with Gasteiger partial charge in [0, 0.05) is 5.41 Å². The van der Waals surface area contributed by atoms with Crippen molar-refractivity contribution in [2.45, 2.75) is 112 Å². The molecular weight excluding hydrogens is 392 g/mol. The largest absolute Gasteiger partial charge is 0.396 e. The summed E-state index contributed by atoms with van der Waals surface area (Å²) >= 11 is 0. The maximum atomic E-state index is 10.9. The second-order valence-electron chi connectivity index (χ2n) is 14.5. The fourth-order valence-corrected chi connectivity index (χ4v) is 10.9. The van der Waals surface area contributed by atoms with E-state index < -0.39 is 0 Å². The van der Waals surface area contributed by atoms with Gasteiger partial charge in [-0.2, -0.15) is 0 Å². The Balaban J connectivity index is 1.59. The smallest absolute Gasteiger partial charge is 0.0618 e. The van der Waals surface area contributed by atoms with Gasteiger partial charge < -0.3 is 10.2 Å². The average molecular weight is 443 g/mol. The molecule has 4 saturated carbocycles. The zero-order valence-corrected chi connectivity index (χ0v) is 22.0. The molecule has 0 aromatic heterocycles. The molecule has 0 bridgehead atoms. The first-order chi connectivity index (χ1) is 14.9. The second kappa shape index (κ2) is 7.09. The van der Waals surface area contributed by atoms with Gasteiger partial charge in [0.1, 0.15) is 0 Å². The molecule has 2 N–H and O–H groups in total. The third-order valence-corrected chi connectivity index (χ3v) is 13.5. The van der Waals surface area contributed by atoms with Gasteiger partial charge in [-0.25, -0.2) is 0 Å². The first-order valence-electron chi connectivity index (χ1n) is 13.9. The molecule has 4 fully saturated rings. The minimum atomic E-state index is -0.361. The van der Waals surface area contributed by atoms with Gasteiger partial charge >= 0.3 is 0 Å². The van der Waals surface area contributed by atoms with Crippen molar-refractivity contribution in [2.75, 3.05) is 6.61 Å². The summed E-state index contributed by atoms with van der Waals surface area (Å²) in [5.41, 5.74) is 2.81. The topological polar surface area (TPSA) is 40.5 Å². The maximum absolute atomic E-state index is 10.9. The van der Waals surface area contributed by atoms with Gasteiger partial charge in [-0.05, 0) is 109 Å². The van der Waals surface area contributed by atoms with Crippen LogP contribution >= 0.6 is 0 Å². The van der Waals surface area contributed by atoms with Gasteiger partial charge in [-0.3, -0.25) is 0 Å². The van der Waals surface area contributed by atoms with E-state index in [0.717, 1.165) is 37.0 Å². The van der Waals surface area contributed by atoms with Crippen LogP contribution in [0.15, 0.2) is 11.6 Å². The molecule has 0 aromatic carbocycles. The van der Waals surface area contributed by atoms with Crippen molar-refractivity contribution in [1.82, 2.24) is 0 Å². The van der Waals surface area contributed by atoms with Crippen LogP contribution in [-0.2, 0) is 0 Å². The van der Waals surface area contributed by atoms with Crippen molar-refractivity contribution in [3.63, 3.8) is 0 Å². The molecular formula is C30H50O2. The molecule has 5 aliphatic carbocycles. The molecule has 182 valence electrons. The Morgan fingerprint density at radius 2 is 1.59 bits per heavy atom. The summed E-state index contributed by atoms with van der Waals surface area (Å²) < 4.78 is 0. The highest BCUT2D eigenvalue weighted by molar-refractivity contribution is 5.33. The Kier molecular flexibility index (Phi) is 5.19. The molecule has 0 saturated heterocycles. The van der Waals surface area contributed by atoms with Crippen molar-refractivity contribution < 1.29 is 10.2 Å². The first-order valence-corrected chi connectivity index (χ1v) is 13.9. The van der Waals surface area contributed by atoms with Gasteiger partial charge in [-0.1, -0.05) is 60.1 Å². The van der Waals surface area contributed by atoms with E-state index in [9.17, 15) is 10.2 Å². The fraction of sp³-hybridized carbons (Fsp3) is 0.933.